The van der Waals surface area contributed by atoms with E-state index >= 15 is 0 Å². The Hall–Kier alpha value is -1.61. The zero-order valence-corrected chi connectivity index (χ0v) is 17.2. The number of benzene rings is 1. The summed E-state index contributed by atoms with van der Waals surface area (Å²) in [5.41, 5.74) is 2.09. The van der Waals surface area contributed by atoms with Gasteiger partial charge in [-0.3, -0.25) is 9.88 Å². The number of hydrogen-bond donors (Lipinski definition) is 1. The lowest BCUT2D eigenvalue weighted by molar-refractivity contribution is 0.0192. The van der Waals surface area contributed by atoms with Crippen LogP contribution in [0.5, 0.6) is 0 Å². The van der Waals surface area contributed by atoms with Crippen LogP contribution in [0.25, 0.3) is 10.9 Å². The SMILES string of the molecule is c1ccc2nc(CN3CCOCCOCCNCCOCCOCC3)ccc2c1. The second-order valence-electron chi connectivity index (χ2n) is 6.97. The largest absolute Gasteiger partial charge is 0.378 e. The highest BCUT2D eigenvalue weighted by molar-refractivity contribution is 5.78. The molecule has 7 nitrogen and oxygen atoms in total. The maximum Gasteiger partial charge on any atom is 0.0705 e. The van der Waals surface area contributed by atoms with Gasteiger partial charge in [0.05, 0.1) is 64.1 Å². The van der Waals surface area contributed by atoms with E-state index in [2.05, 4.69) is 34.5 Å². The van der Waals surface area contributed by atoms with Crippen LogP contribution in [0.1, 0.15) is 5.69 Å². The number of hydrogen-bond acceptors (Lipinski definition) is 7. The van der Waals surface area contributed by atoms with Gasteiger partial charge in [0, 0.05) is 38.1 Å². The highest BCUT2D eigenvalue weighted by Gasteiger charge is 2.08. The van der Waals surface area contributed by atoms with Crippen molar-refractivity contribution in [2.45, 2.75) is 6.54 Å². The van der Waals surface area contributed by atoms with Gasteiger partial charge in [-0.1, -0.05) is 24.3 Å². The van der Waals surface area contributed by atoms with Crippen molar-refractivity contribution in [1.82, 2.24) is 15.2 Å². The van der Waals surface area contributed by atoms with Crippen LogP contribution in [0.3, 0.4) is 0 Å². The summed E-state index contributed by atoms with van der Waals surface area (Å²) in [5, 5.41) is 4.45. The summed E-state index contributed by atoms with van der Waals surface area (Å²) in [5.74, 6) is 0. The molecule has 0 radical (unpaired) electrons. The Kier molecular flexibility index (Phi) is 10.3. The zero-order chi connectivity index (χ0) is 20.0. The van der Waals surface area contributed by atoms with Crippen molar-refractivity contribution in [2.24, 2.45) is 0 Å². The minimum atomic E-state index is 0.613. The van der Waals surface area contributed by atoms with Crippen LogP contribution in [0.4, 0.5) is 0 Å². The smallest absolute Gasteiger partial charge is 0.0705 e. The molecule has 1 aliphatic heterocycles. The summed E-state index contributed by atoms with van der Waals surface area (Å²) in [6.45, 7) is 9.25. The van der Waals surface area contributed by atoms with Gasteiger partial charge in [-0.05, 0) is 12.1 Å². The number of fused-ring (bicyclic) bond motifs is 1. The number of ether oxygens (including phenoxy) is 4. The molecular weight excluding hydrogens is 370 g/mol. The monoisotopic (exact) mass is 403 g/mol. The molecule has 0 amide bonds. The Morgan fingerprint density at radius 2 is 1.34 bits per heavy atom. The van der Waals surface area contributed by atoms with Crippen molar-refractivity contribution in [3.8, 4) is 0 Å². The summed E-state index contributed by atoms with van der Waals surface area (Å²) in [6, 6.07) is 12.4. The number of para-hydroxylation sites is 1. The van der Waals surface area contributed by atoms with Gasteiger partial charge in [-0.25, -0.2) is 0 Å². The quantitative estimate of drug-likeness (QED) is 0.819. The fraction of sp³-hybridized carbons (Fsp3) is 0.591. The standard InChI is InChI=1S/C22H33N3O4/c1-2-4-22-20(3-1)5-6-21(24-22)19-25-9-13-28-17-15-26-11-7-23-8-12-27-16-18-29-14-10-25/h1-6,23H,7-19H2. The first-order valence-electron chi connectivity index (χ1n) is 10.5. The summed E-state index contributed by atoms with van der Waals surface area (Å²) < 4.78 is 22.6. The second-order valence-corrected chi connectivity index (χ2v) is 6.97. The van der Waals surface area contributed by atoms with Crippen LogP contribution < -0.4 is 5.32 Å². The summed E-state index contributed by atoms with van der Waals surface area (Å²) in [6.07, 6.45) is 0. The van der Waals surface area contributed by atoms with Crippen molar-refractivity contribution in [1.29, 1.82) is 0 Å². The molecule has 2 aromatic rings. The highest BCUT2D eigenvalue weighted by Crippen LogP contribution is 2.13. The molecule has 3 rings (SSSR count). The topological polar surface area (TPSA) is 65.1 Å². The van der Waals surface area contributed by atoms with Gasteiger partial charge in [-0.15, -0.1) is 0 Å². The maximum atomic E-state index is 5.75. The average Bonchev–Trinajstić information content (AvgIpc) is 2.75. The molecule has 29 heavy (non-hydrogen) atoms. The Labute approximate surface area is 173 Å². The number of nitrogens with zero attached hydrogens (tertiary/aromatic N) is 2. The second kappa shape index (κ2) is 13.6. The molecule has 1 saturated heterocycles. The van der Waals surface area contributed by atoms with E-state index in [-0.39, 0.29) is 0 Å². The van der Waals surface area contributed by atoms with Crippen LogP contribution in [-0.4, -0.2) is 88.9 Å². The first-order valence-corrected chi connectivity index (χ1v) is 10.5. The van der Waals surface area contributed by atoms with E-state index in [0.29, 0.717) is 52.9 Å². The van der Waals surface area contributed by atoms with Gasteiger partial charge >= 0.3 is 0 Å². The van der Waals surface area contributed by atoms with E-state index in [0.717, 1.165) is 49.3 Å². The molecule has 0 bridgehead atoms. The van der Waals surface area contributed by atoms with Crippen LogP contribution >= 0.6 is 0 Å². The van der Waals surface area contributed by atoms with Crippen molar-refractivity contribution in [2.75, 3.05) is 79.0 Å². The molecule has 1 N–H and O–H groups in total. The Balaban J connectivity index is 1.50. The third-order valence-electron chi connectivity index (χ3n) is 4.74. The van der Waals surface area contributed by atoms with Crippen LogP contribution in [0.15, 0.2) is 36.4 Å². The fourth-order valence-corrected chi connectivity index (χ4v) is 3.14. The van der Waals surface area contributed by atoms with E-state index < -0.39 is 0 Å². The van der Waals surface area contributed by atoms with Gasteiger partial charge < -0.3 is 24.3 Å². The number of pyridine rings is 1. The first-order chi connectivity index (χ1) is 14.4. The van der Waals surface area contributed by atoms with Crippen LogP contribution in [0, 0.1) is 0 Å². The molecular formula is C22H33N3O4. The van der Waals surface area contributed by atoms with Crippen LogP contribution in [-0.2, 0) is 25.5 Å². The molecule has 1 aliphatic rings. The van der Waals surface area contributed by atoms with Gasteiger partial charge in [0.15, 0.2) is 0 Å². The minimum absolute atomic E-state index is 0.613. The van der Waals surface area contributed by atoms with E-state index in [1.165, 1.54) is 0 Å². The van der Waals surface area contributed by atoms with Crippen molar-refractivity contribution >= 4 is 10.9 Å². The zero-order valence-electron chi connectivity index (χ0n) is 17.2. The molecule has 1 fully saturated rings. The van der Waals surface area contributed by atoms with Crippen molar-refractivity contribution < 1.29 is 18.9 Å². The van der Waals surface area contributed by atoms with E-state index in [4.69, 9.17) is 23.9 Å². The molecule has 7 heteroatoms. The van der Waals surface area contributed by atoms with Gasteiger partial charge in [0.2, 0.25) is 0 Å². The molecule has 0 saturated carbocycles. The normalized spacial score (nSPS) is 20.1. The van der Waals surface area contributed by atoms with Crippen molar-refractivity contribution in [3.63, 3.8) is 0 Å². The number of rotatable bonds is 2. The van der Waals surface area contributed by atoms with Gasteiger partial charge in [0.25, 0.3) is 0 Å². The molecule has 0 unspecified atom stereocenters. The Bertz CT molecular complexity index is 683. The average molecular weight is 404 g/mol. The summed E-state index contributed by atoms with van der Waals surface area (Å²) in [4.78, 5) is 7.12. The molecule has 0 aliphatic carbocycles. The predicted molar refractivity (Wildman–Crippen MR) is 113 cm³/mol. The lowest BCUT2D eigenvalue weighted by Crippen LogP contribution is -2.32. The molecule has 1 aromatic heterocycles. The Morgan fingerprint density at radius 1 is 0.724 bits per heavy atom. The first kappa shape index (κ1) is 22.1. The third kappa shape index (κ3) is 8.74. The van der Waals surface area contributed by atoms with Crippen LogP contribution in [0.2, 0.25) is 0 Å². The van der Waals surface area contributed by atoms with Gasteiger partial charge in [0.1, 0.15) is 0 Å². The van der Waals surface area contributed by atoms with Gasteiger partial charge in [-0.2, -0.15) is 0 Å². The highest BCUT2D eigenvalue weighted by atomic mass is 16.5. The third-order valence-corrected chi connectivity index (χ3v) is 4.74. The predicted octanol–water partition coefficient (Wildman–Crippen LogP) is 1.71. The molecule has 0 atom stereocenters. The molecule has 2 heterocycles. The molecule has 0 spiro atoms. The minimum Gasteiger partial charge on any atom is -0.378 e. The van der Waals surface area contributed by atoms with E-state index in [1.807, 2.05) is 12.1 Å². The summed E-state index contributed by atoms with van der Waals surface area (Å²) >= 11 is 0. The lowest BCUT2D eigenvalue weighted by Gasteiger charge is -2.22. The molecule has 160 valence electrons. The Morgan fingerprint density at radius 3 is 2.03 bits per heavy atom. The number of nitrogens with one attached hydrogen (secondary N) is 1. The number of aromatic nitrogens is 1. The van der Waals surface area contributed by atoms with E-state index in [1.54, 1.807) is 0 Å². The molecule has 1 aromatic carbocycles. The fourth-order valence-electron chi connectivity index (χ4n) is 3.14. The maximum absolute atomic E-state index is 5.75. The summed E-state index contributed by atoms with van der Waals surface area (Å²) in [7, 11) is 0. The lowest BCUT2D eigenvalue weighted by atomic mass is 10.2. The van der Waals surface area contributed by atoms with Crippen molar-refractivity contribution in [3.05, 3.63) is 42.1 Å². The van der Waals surface area contributed by atoms with E-state index in [9.17, 15) is 0 Å².